The zero-order chi connectivity index (χ0) is 8.10. The van der Waals surface area contributed by atoms with Gasteiger partial charge in [-0.1, -0.05) is 23.8 Å². The molecule has 11 heavy (non-hydrogen) atoms. The van der Waals surface area contributed by atoms with Gasteiger partial charge in [0.05, 0.1) is 0 Å². The van der Waals surface area contributed by atoms with Gasteiger partial charge in [0.15, 0.2) is 0 Å². The molecule has 1 aliphatic heterocycles. The fraction of sp³-hybridized carbons (Fsp3) is 0.600. The van der Waals surface area contributed by atoms with Gasteiger partial charge in [0.1, 0.15) is 0 Å². The summed E-state index contributed by atoms with van der Waals surface area (Å²) in [6, 6.07) is 0. The highest BCUT2D eigenvalue weighted by Crippen LogP contribution is 2.14. The van der Waals surface area contributed by atoms with Crippen LogP contribution in [0.4, 0.5) is 0 Å². The zero-order valence-corrected chi connectivity index (χ0v) is 7.51. The first-order valence-corrected chi connectivity index (χ1v) is 4.32. The molecule has 0 bridgehead atoms. The summed E-state index contributed by atoms with van der Waals surface area (Å²) in [6.45, 7) is 4.51. The maximum absolute atomic E-state index is 2.38. The summed E-state index contributed by atoms with van der Waals surface area (Å²) in [7, 11) is 2.19. The van der Waals surface area contributed by atoms with Gasteiger partial charge in [0.25, 0.3) is 0 Å². The topological polar surface area (TPSA) is 3.24 Å². The van der Waals surface area contributed by atoms with Gasteiger partial charge in [-0.2, -0.15) is 0 Å². The van der Waals surface area contributed by atoms with Crippen LogP contribution in [-0.2, 0) is 0 Å². The Bertz CT molecular complexity index is 158. The Balaban J connectivity index is 2.38. The van der Waals surface area contributed by atoms with E-state index in [-0.39, 0.29) is 0 Å². The van der Waals surface area contributed by atoms with Crippen LogP contribution in [0.5, 0.6) is 0 Å². The molecule has 1 rings (SSSR count). The molecule has 1 heterocycles. The van der Waals surface area contributed by atoms with Crippen molar-refractivity contribution in [3.8, 4) is 0 Å². The Morgan fingerprint density at radius 1 is 1.27 bits per heavy atom. The second-order valence-electron chi connectivity index (χ2n) is 3.15. The summed E-state index contributed by atoms with van der Waals surface area (Å²) in [4.78, 5) is 2.38. The van der Waals surface area contributed by atoms with Crippen molar-refractivity contribution in [3.63, 3.8) is 0 Å². The molecule has 62 valence electrons. The average molecular weight is 151 g/mol. The number of hydrogen-bond acceptors (Lipinski definition) is 1. The Labute approximate surface area is 69.4 Å². The Hall–Kier alpha value is -0.560. The first-order valence-electron chi connectivity index (χ1n) is 4.32. The van der Waals surface area contributed by atoms with Crippen LogP contribution < -0.4 is 0 Å². The largest absolute Gasteiger partial charge is 0.306 e. The number of likely N-dealkylation sites (tertiary alicyclic amines) is 1. The number of hydrogen-bond donors (Lipinski definition) is 0. The molecule has 1 fully saturated rings. The van der Waals surface area contributed by atoms with Crippen molar-refractivity contribution in [2.45, 2.75) is 19.8 Å². The number of rotatable bonds is 1. The van der Waals surface area contributed by atoms with Crippen LogP contribution in [0.25, 0.3) is 0 Å². The van der Waals surface area contributed by atoms with E-state index >= 15 is 0 Å². The fourth-order valence-corrected chi connectivity index (χ4v) is 1.30. The second-order valence-corrected chi connectivity index (χ2v) is 3.15. The molecule has 0 N–H and O–H groups in total. The fourth-order valence-electron chi connectivity index (χ4n) is 1.30. The van der Waals surface area contributed by atoms with Crippen molar-refractivity contribution in [2.75, 3.05) is 20.1 Å². The molecular formula is C10H17N. The molecule has 0 aliphatic carbocycles. The van der Waals surface area contributed by atoms with Crippen LogP contribution >= 0.6 is 0 Å². The van der Waals surface area contributed by atoms with E-state index in [9.17, 15) is 0 Å². The number of allylic oxidation sites excluding steroid dienone is 3. The van der Waals surface area contributed by atoms with Crippen LogP contribution in [0.15, 0.2) is 23.8 Å². The van der Waals surface area contributed by atoms with Gasteiger partial charge in [-0.05, 0) is 26.8 Å². The van der Waals surface area contributed by atoms with Crippen LogP contribution in [0.1, 0.15) is 19.8 Å². The quantitative estimate of drug-likeness (QED) is 0.555. The van der Waals surface area contributed by atoms with Gasteiger partial charge >= 0.3 is 0 Å². The van der Waals surface area contributed by atoms with Crippen LogP contribution in [0.3, 0.4) is 0 Å². The summed E-state index contributed by atoms with van der Waals surface area (Å²) >= 11 is 0. The highest BCUT2D eigenvalue weighted by atomic mass is 15.1. The van der Waals surface area contributed by atoms with Gasteiger partial charge in [0.2, 0.25) is 0 Å². The maximum atomic E-state index is 2.38. The van der Waals surface area contributed by atoms with Crippen molar-refractivity contribution in [3.05, 3.63) is 23.8 Å². The van der Waals surface area contributed by atoms with Gasteiger partial charge < -0.3 is 4.90 Å². The highest BCUT2D eigenvalue weighted by molar-refractivity contribution is 5.13. The van der Waals surface area contributed by atoms with E-state index in [1.807, 2.05) is 0 Å². The maximum Gasteiger partial charge on any atom is 0.00158 e. The van der Waals surface area contributed by atoms with Crippen molar-refractivity contribution in [2.24, 2.45) is 0 Å². The Kier molecular flexibility index (Phi) is 3.37. The standard InChI is InChI=1S/C10H17N/c1-3-4-5-10-6-8-11(2)9-7-10/h3-5H,6-9H2,1-2H3/b4-3+. The van der Waals surface area contributed by atoms with E-state index in [1.165, 1.54) is 25.9 Å². The summed E-state index contributed by atoms with van der Waals surface area (Å²) in [5, 5.41) is 0. The van der Waals surface area contributed by atoms with Crippen LogP contribution in [0.2, 0.25) is 0 Å². The molecule has 1 saturated heterocycles. The predicted molar refractivity (Wildman–Crippen MR) is 49.6 cm³/mol. The first kappa shape index (κ1) is 8.54. The SMILES string of the molecule is C/C=C/C=C1CCN(C)CC1. The van der Waals surface area contributed by atoms with Crippen LogP contribution in [-0.4, -0.2) is 25.0 Å². The summed E-state index contributed by atoms with van der Waals surface area (Å²) in [5.74, 6) is 0. The molecule has 0 saturated carbocycles. The molecule has 1 nitrogen and oxygen atoms in total. The molecule has 1 aliphatic rings. The second kappa shape index (κ2) is 4.35. The van der Waals surface area contributed by atoms with E-state index < -0.39 is 0 Å². The number of nitrogens with zero attached hydrogens (tertiary/aromatic N) is 1. The molecule has 0 aromatic heterocycles. The van der Waals surface area contributed by atoms with Crippen molar-refractivity contribution in [1.82, 2.24) is 4.90 Å². The molecule has 0 aromatic rings. The third kappa shape index (κ3) is 2.89. The lowest BCUT2D eigenvalue weighted by Crippen LogP contribution is -2.26. The normalized spacial score (nSPS) is 21.1. The van der Waals surface area contributed by atoms with Crippen LogP contribution in [0, 0.1) is 0 Å². The van der Waals surface area contributed by atoms with E-state index in [4.69, 9.17) is 0 Å². The average Bonchev–Trinajstić information content (AvgIpc) is 2.04. The van der Waals surface area contributed by atoms with E-state index in [0.717, 1.165) is 0 Å². The highest BCUT2D eigenvalue weighted by Gasteiger charge is 2.07. The molecule has 0 radical (unpaired) electrons. The monoisotopic (exact) mass is 151 g/mol. The van der Waals surface area contributed by atoms with E-state index in [1.54, 1.807) is 5.57 Å². The lowest BCUT2D eigenvalue weighted by atomic mass is 10.0. The summed E-state index contributed by atoms with van der Waals surface area (Å²) in [5.41, 5.74) is 1.60. The summed E-state index contributed by atoms with van der Waals surface area (Å²) < 4.78 is 0. The van der Waals surface area contributed by atoms with E-state index in [0.29, 0.717) is 0 Å². The minimum Gasteiger partial charge on any atom is -0.306 e. The third-order valence-electron chi connectivity index (χ3n) is 2.15. The molecule has 0 spiro atoms. The van der Waals surface area contributed by atoms with E-state index in [2.05, 4.69) is 37.1 Å². The zero-order valence-electron chi connectivity index (χ0n) is 7.51. The minimum atomic E-state index is 1.23. The van der Waals surface area contributed by atoms with Crippen molar-refractivity contribution in [1.29, 1.82) is 0 Å². The molecule has 0 amide bonds. The molecule has 1 heteroatoms. The first-order chi connectivity index (χ1) is 5.33. The summed E-state index contributed by atoms with van der Waals surface area (Å²) in [6.07, 6.45) is 8.99. The lowest BCUT2D eigenvalue weighted by molar-refractivity contribution is 0.312. The van der Waals surface area contributed by atoms with Gasteiger partial charge in [0, 0.05) is 13.1 Å². The number of piperidine rings is 1. The predicted octanol–water partition coefficient (Wildman–Crippen LogP) is 2.21. The van der Waals surface area contributed by atoms with Crippen molar-refractivity contribution < 1.29 is 0 Å². The van der Waals surface area contributed by atoms with Gasteiger partial charge in [-0.25, -0.2) is 0 Å². The smallest absolute Gasteiger partial charge is 0.00158 e. The van der Waals surface area contributed by atoms with Gasteiger partial charge in [-0.3, -0.25) is 0 Å². The molecular weight excluding hydrogens is 134 g/mol. The molecule has 0 atom stereocenters. The minimum absolute atomic E-state index is 1.23. The molecule has 0 aromatic carbocycles. The Morgan fingerprint density at radius 2 is 1.91 bits per heavy atom. The molecule has 0 unspecified atom stereocenters. The van der Waals surface area contributed by atoms with Gasteiger partial charge in [-0.15, -0.1) is 0 Å². The Morgan fingerprint density at radius 3 is 2.45 bits per heavy atom. The lowest BCUT2D eigenvalue weighted by Gasteiger charge is -2.23. The van der Waals surface area contributed by atoms with Crippen molar-refractivity contribution >= 4 is 0 Å². The third-order valence-corrected chi connectivity index (χ3v) is 2.15.